The molecule has 0 bridgehead atoms. The minimum atomic E-state index is 0.412. The van der Waals surface area contributed by atoms with Crippen LogP contribution in [0.25, 0.3) is 16.7 Å². The predicted octanol–water partition coefficient (Wildman–Crippen LogP) is 3.02. The Bertz CT molecular complexity index is 1170. The van der Waals surface area contributed by atoms with E-state index in [4.69, 9.17) is 9.97 Å². The van der Waals surface area contributed by atoms with Crippen molar-refractivity contribution in [3.8, 4) is 5.69 Å². The molecule has 156 valence electrons. The molecule has 30 heavy (non-hydrogen) atoms. The highest BCUT2D eigenvalue weighted by Gasteiger charge is 2.21. The number of likely N-dealkylation sites (tertiary alicyclic amines) is 1. The van der Waals surface area contributed by atoms with Crippen LogP contribution in [-0.2, 0) is 13.5 Å². The maximum atomic E-state index is 4.98. The molecule has 0 saturated carbocycles. The fourth-order valence-corrected chi connectivity index (χ4v) is 4.75. The van der Waals surface area contributed by atoms with Crippen molar-refractivity contribution < 1.29 is 0 Å². The van der Waals surface area contributed by atoms with Gasteiger partial charge in [-0.15, -0.1) is 0 Å². The Morgan fingerprint density at radius 3 is 2.73 bits per heavy atom. The summed E-state index contributed by atoms with van der Waals surface area (Å²) in [7, 11) is 4.11. The lowest BCUT2D eigenvalue weighted by molar-refractivity contribution is 0.263. The third kappa shape index (κ3) is 3.82. The van der Waals surface area contributed by atoms with E-state index in [1.165, 1.54) is 16.4 Å². The summed E-state index contributed by atoms with van der Waals surface area (Å²) in [5.41, 5.74) is 4.00. The maximum absolute atomic E-state index is 4.98. The lowest BCUT2D eigenvalue weighted by Gasteiger charge is -2.30. The smallest absolute Gasteiger partial charge is 0.154 e. The van der Waals surface area contributed by atoms with Gasteiger partial charge in [-0.1, -0.05) is 0 Å². The van der Waals surface area contributed by atoms with Crippen LogP contribution in [0.5, 0.6) is 0 Å². The van der Waals surface area contributed by atoms with Gasteiger partial charge in [0.1, 0.15) is 11.3 Å². The molecule has 1 N–H and O–H groups in total. The minimum Gasteiger partial charge on any atom is -0.365 e. The third-order valence-electron chi connectivity index (χ3n) is 5.62. The summed E-state index contributed by atoms with van der Waals surface area (Å²) in [5.74, 6) is 1.73. The van der Waals surface area contributed by atoms with E-state index in [0.29, 0.717) is 12.5 Å². The van der Waals surface area contributed by atoms with Crippen molar-refractivity contribution >= 4 is 28.4 Å². The summed E-state index contributed by atoms with van der Waals surface area (Å²) in [6.45, 7) is 4.22. The van der Waals surface area contributed by atoms with Crippen molar-refractivity contribution in [1.82, 2.24) is 33.6 Å². The van der Waals surface area contributed by atoms with Gasteiger partial charge in [-0.05, 0) is 63.6 Å². The highest BCUT2D eigenvalue weighted by atomic mass is 32.1. The van der Waals surface area contributed by atoms with Crippen molar-refractivity contribution in [2.24, 2.45) is 7.05 Å². The number of nitrogens with zero attached hydrogens (tertiary/aromatic N) is 7. The largest absolute Gasteiger partial charge is 0.365 e. The van der Waals surface area contributed by atoms with E-state index in [2.05, 4.69) is 49.6 Å². The standard InChI is InChI=1S/C21H26N8S/c1-14-10-17(30-26-14)11-19-24-18-6-9-29(16-12-22-28(3)13-16)20(18)21(25-19)23-15-4-7-27(2)8-5-15/h6,9-10,12-13,15H,4-5,7-8,11H2,1-3H3,(H,23,24,25). The molecule has 5 heterocycles. The quantitative estimate of drug-likeness (QED) is 0.533. The number of nitrogens with one attached hydrogen (secondary N) is 1. The Morgan fingerprint density at radius 1 is 1.20 bits per heavy atom. The van der Waals surface area contributed by atoms with E-state index < -0.39 is 0 Å². The van der Waals surface area contributed by atoms with E-state index in [0.717, 1.165) is 60.0 Å². The van der Waals surface area contributed by atoms with Gasteiger partial charge in [0.25, 0.3) is 0 Å². The Hall–Kier alpha value is -2.78. The molecule has 0 atom stereocenters. The lowest BCUT2D eigenvalue weighted by Crippen LogP contribution is -2.37. The van der Waals surface area contributed by atoms with Crippen LogP contribution in [0, 0.1) is 6.92 Å². The first-order chi connectivity index (χ1) is 14.5. The molecule has 0 aliphatic carbocycles. The van der Waals surface area contributed by atoms with E-state index in [9.17, 15) is 0 Å². The summed E-state index contributed by atoms with van der Waals surface area (Å²) in [5, 5.41) is 8.07. The first-order valence-electron chi connectivity index (χ1n) is 10.3. The Balaban J connectivity index is 1.55. The molecule has 0 radical (unpaired) electrons. The molecule has 1 aliphatic rings. The second kappa shape index (κ2) is 7.81. The average Bonchev–Trinajstić information content (AvgIpc) is 3.44. The van der Waals surface area contributed by atoms with Crippen LogP contribution >= 0.6 is 11.5 Å². The second-order valence-corrected chi connectivity index (χ2v) is 9.00. The third-order valence-corrected chi connectivity index (χ3v) is 6.49. The van der Waals surface area contributed by atoms with Gasteiger partial charge in [0.15, 0.2) is 5.82 Å². The van der Waals surface area contributed by atoms with Gasteiger partial charge >= 0.3 is 0 Å². The van der Waals surface area contributed by atoms with E-state index >= 15 is 0 Å². The molecule has 5 rings (SSSR count). The van der Waals surface area contributed by atoms with Gasteiger partial charge in [-0.3, -0.25) is 4.68 Å². The highest BCUT2D eigenvalue weighted by molar-refractivity contribution is 7.05. The molecule has 4 aromatic heterocycles. The number of rotatable bonds is 5. The van der Waals surface area contributed by atoms with Crippen LogP contribution in [0.4, 0.5) is 5.82 Å². The van der Waals surface area contributed by atoms with Crippen molar-refractivity contribution in [2.75, 3.05) is 25.5 Å². The SMILES string of the molecule is Cc1cc(Cc2nc(NC3CCN(C)CC3)c3c(ccn3-c3cnn(C)c3)n2)sn1. The average molecular weight is 423 g/mol. The van der Waals surface area contributed by atoms with Gasteiger partial charge in [-0.2, -0.15) is 9.47 Å². The summed E-state index contributed by atoms with van der Waals surface area (Å²) in [4.78, 5) is 13.4. The highest BCUT2D eigenvalue weighted by Crippen LogP contribution is 2.28. The summed E-state index contributed by atoms with van der Waals surface area (Å²) >= 11 is 1.52. The minimum absolute atomic E-state index is 0.412. The molecule has 8 nitrogen and oxygen atoms in total. The monoisotopic (exact) mass is 422 g/mol. The molecule has 1 aliphatic heterocycles. The molecule has 9 heteroatoms. The number of anilines is 1. The van der Waals surface area contributed by atoms with Crippen LogP contribution in [-0.4, -0.2) is 59.8 Å². The molecular weight excluding hydrogens is 396 g/mol. The first kappa shape index (κ1) is 19.2. The lowest BCUT2D eigenvalue weighted by atomic mass is 10.1. The second-order valence-electron chi connectivity index (χ2n) is 8.11. The Labute approximate surface area is 179 Å². The van der Waals surface area contributed by atoms with Gasteiger partial charge in [0.05, 0.1) is 23.1 Å². The molecule has 0 unspecified atom stereocenters. The molecule has 0 amide bonds. The molecule has 0 aromatic carbocycles. The molecule has 4 aromatic rings. The number of fused-ring (bicyclic) bond motifs is 1. The number of hydrogen-bond donors (Lipinski definition) is 1. The van der Waals surface area contributed by atoms with E-state index in [-0.39, 0.29) is 0 Å². The Kier molecular flexibility index (Phi) is 5.00. The molecule has 0 spiro atoms. The summed E-state index contributed by atoms with van der Waals surface area (Å²) in [6, 6.07) is 4.59. The predicted molar refractivity (Wildman–Crippen MR) is 119 cm³/mol. The summed E-state index contributed by atoms with van der Waals surface area (Å²) in [6.07, 6.45) is 8.84. The van der Waals surface area contributed by atoms with E-state index in [1.54, 1.807) is 0 Å². The zero-order valence-corrected chi connectivity index (χ0v) is 18.4. The van der Waals surface area contributed by atoms with Crippen molar-refractivity contribution in [3.05, 3.63) is 47.1 Å². The van der Waals surface area contributed by atoms with Gasteiger partial charge in [0.2, 0.25) is 0 Å². The fraction of sp³-hybridized carbons (Fsp3) is 0.429. The fourth-order valence-electron chi connectivity index (χ4n) is 4.02. The van der Waals surface area contributed by atoms with Crippen LogP contribution in [0.2, 0.25) is 0 Å². The normalized spacial score (nSPS) is 15.8. The maximum Gasteiger partial charge on any atom is 0.154 e. The first-order valence-corrected chi connectivity index (χ1v) is 11.1. The van der Waals surface area contributed by atoms with Crippen molar-refractivity contribution in [3.63, 3.8) is 0 Å². The molecule has 1 fully saturated rings. The zero-order valence-electron chi connectivity index (χ0n) is 17.5. The van der Waals surface area contributed by atoms with Gasteiger partial charge in [-0.25, -0.2) is 9.97 Å². The van der Waals surface area contributed by atoms with Crippen LogP contribution in [0.1, 0.15) is 29.2 Å². The van der Waals surface area contributed by atoms with Crippen LogP contribution in [0.15, 0.2) is 30.7 Å². The van der Waals surface area contributed by atoms with Crippen molar-refractivity contribution in [2.45, 2.75) is 32.2 Å². The van der Waals surface area contributed by atoms with Crippen LogP contribution < -0.4 is 5.32 Å². The zero-order chi connectivity index (χ0) is 20.7. The molecule has 1 saturated heterocycles. The number of hydrogen-bond acceptors (Lipinski definition) is 7. The van der Waals surface area contributed by atoms with Crippen LogP contribution in [0.3, 0.4) is 0 Å². The molecular formula is C21H26N8S. The topological polar surface area (TPSA) is 76.7 Å². The number of aromatic nitrogens is 6. The van der Waals surface area contributed by atoms with Crippen molar-refractivity contribution in [1.29, 1.82) is 0 Å². The number of piperidine rings is 1. The van der Waals surface area contributed by atoms with E-state index in [1.807, 2.05) is 31.0 Å². The Morgan fingerprint density at radius 2 is 2.03 bits per heavy atom. The number of aryl methyl sites for hydroxylation is 2. The summed E-state index contributed by atoms with van der Waals surface area (Å²) < 4.78 is 8.33. The van der Waals surface area contributed by atoms with Gasteiger partial charge < -0.3 is 14.8 Å². The van der Waals surface area contributed by atoms with Gasteiger partial charge in [0, 0.05) is 36.8 Å².